The van der Waals surface area contributed by atoms with Crippen molar-refractivity contribution < 1.29 is 5.11 Å². The summed E-state index contributed by atoms with van der Waals surface area (Å²) < 4.78 is 0. The van der Waals surface area contributed by atoms with Gasteiger partial charge in [-0.25, -0.2) is 0 Å². The van der Waals surface area contributed by atoms with Gasteiger partial charge in [-0.15, -0.1) is 0 Å². The van der Waals surface area contributed by atoms with Crippen LogP contribution in [-0.2, 0) is 0 Å². The summed E-state index contributed by atoms with van der Waals surface area (Å²) in [5.41, 5.74) is 1.50. The number of aliphatic hydroxyl groups is 1. The molecule has 0 heterocycles. The summed E-state index contributed by atoms with van der Waals surface area (Å²) in [6.45, 7) is 8.95. The van der Waals surface area contributed by atoms with E-state index in [1.54, 1.807) is 19.1 Å². The molecule has 2 nitrogen and oxygen atoms in total. The fraction of sp³-hybridized carbons (Fsp3) is 0.444. The average Bonchev–Trinajstić information content (AvgIpc) is 1.99. The SMILES string of the molecule is C=C/C(C)=N\C(=C/C)[C@H](C)O. The van der Waals surface area contributed by atoms with Gasteiger partial charge in [-0.3, -0.25) is 4.99 Å². The smallest absolute Gasteiger partial charge is 0.0928 e. The fourth-order valence-electron chi connectivity index (χ4n) is 0.648. The molecule has 62 valence electrons. The van der Waals surface area contributed by atoms with Crippen molar-refractivity contribution in [2.24, 2.45) is 4.99 Å². The van der Waals surface area contributed by atoms with Crippen LogP contribution in [0.1, 0.15) is 20.8 Å². The van der Waals surface area contributed by atoms with Gasteiger partial charge in [0, 0.05) is 5.71 Å². The molecule has 0 unspecified atom stereocenters. The van der Waals surface area contributed by atoms with Gasteiger partial charge in [0.1, 0.15) is 0 Å². The lowest BCUT2D eigenvalue weighted by atomic mass is 10.3. The second-order valence-corrected chi connectivity index (χ2v) is 2.35. The lowest BCUT2D eigenvalue weighted by Gasteiger charge is -2.03. The first-order valence-electron chi connectivity index (χ1n) is 3.63. The van der Waals surface area contributed by atoms with Crippen molar-refractivity contribution in [1.29, 1.82) is 0 Å². The van der Waals surface area contributed by atoms with E-state index in [9.17, 15) is 0 Å². The number of allylic oxidation sites excluding steroid dienone is 2. The Morgan fingerprint density at radius 1 is 1.64 bits per heavy atom. The first kappa shape index (κ1) is 10.1. The van der Waals surface area contributed by atoms with E-state index >= 15 is 0 Å². The number of aliphatic hydroxyl groups excluding tert-OH is 1. The Labute approximate surface area is 68.0 Å². The molecule has 0 bridgehead atoms. The van der Waals surface area contributed by atoms with E-state index in [4.69, 9.17) is 5.11 Å². The summed E-state index contributed by atoms with van der Waals surface area (Å²) in [4.78, 5) is 4.12. The number of rotatable bonds is 3. The van der Waals surface area contributed by atoms with Crippen LogP contribution in [0.25, 0.3) is 0 Å². The topological polar surface area (TPSA) is 32.6 Å². The molecular weight excluding hydrogens is 138 g/mol. The van der Waals surface area contributed by atoms with Gasteiger partial charge >= 0.3 is 0 Å². The largest absolute Gasteiger partial charge is 0.387 e. The highest BCUT2D eigenvalue weighted by Crippen LogP contribution is 2.03. The Balaban J connectivity index is 4.44. The third-order valence-corrected chi connectivity index (χ3v) is 1.32. The molecule has 0 aliphatic rings. The standard InChI is InChI=1S/C9H15NO/c1-5-7(3)10-9(6-2)8(4)11/h5-6,8,11H,1H2,2-4H3/b9-6-,10-7-/t8-/m0/s1. The minimum Gasteiger partial charge on any atom is -0.387 e. The summed E-state index contributed by atoms with van der Waals surface area (Å²) in [5.74, 6) is 0. The highest BCUT2D eigenvalue weighted by molar-refractivity contribution is 5.92. The summed E-state index contributed by atoms with van der Waals surface area (Å²) in [7, 11) is 0. The van der Waals surface area contributed by atoms with E-state index in [-0.39, 0.29) is 0 Å². The van der Waals surface area contributed by atoms with Gasteiger partial charge in [0.15, 0.2) is 0 Å². The summed E-state index contributed by atoms with van der Waals surface area (Å²) in [5, 5.41) is 9.15. The van der Waals surface area contributed by atoms with Gasteiger partial charge < -0.3 is 5.11 Å². The van der Waals surface area contributed by atoms with Gasteiger partial charge in [-0.05, 0) is 26.8 Å². The highest BCUT2D eigenvalue weighted by Gasteiger charge is 2.00. The van der Waals surface area contributed by atoms with Crippen molar-refractivity contribution in [2.45, 2.75) is 26.9 Å². The molecule has 0 saturated heterocycles. The van der Waals surface area contributed by atoms with Gasteiger partial charge in [0.25, 0.3) is 0 Å². The number of nitrogens with zero attached hydrogens (tertiary/aromatic N) is 1. The van der Waals surface area contributed by atoms with Crippen LogP contribution in [0.3, 0.4) is 0 Å². The van der Waals surface area contributed by atoms with Crippen LogP contribution in [0.4, 0.5) is 0 Å². The van der Waals surface area contributed by atoms with Crippen molar-refractivity contribution in [3.8, 4) is 0 Å². The molecule has 0 aliphatic heterocycles. The molecule has 0 radical (unpaired) electrons. The van der Waals surface area contributed by atoms with Crippen LogP contribution in [0.5, 0.6) is 0 Å². The van der Waals surface area contributed by atoms with Gasteiger partial charge in [0.2, 0.25) is 0 Å². The fourth-order valence-corrected chi connectivity index (χ4v) is 0.648. The average molecular weight is 153 g/mol. The lowest BCUT2D eigenvalue weighted by Crippen LogP contribution is -2.03. The molecule has 0 amide bonds. The molecule has 1 atom stereocenters. The second-order valence-electron chi connectivity index (χ2n) is 2.35. The zero-order chi connectivity index (χ0) is 8.85. The Kier molecular flexibility index (Phi) is 4.46. The minimum absolute atomic E-state index is 0.505. The first-order valence-corrected chi connectivity index (χ1v) is 3.63. The summed E-state index contributed by atoms with van der Waals surface area (Å²) in [6.07, 6.45) is 2.94. The quantitative estimate of drug-likeness (QED) is 0.617. The van der Waals surface area contributed by atoms with Crippen molar-refractivity contribution >= 4 is 5.71 Å². The van der Waals surface area contributed by atoms with Crippen molar-refractivity contribution in [2.75, 3.05) is 0 Å². The Hall–Kier alpha value is -0.890. The molecule has 0 aromatic heterocycles. The van der Waals surface area contributed by atoms with Crippen LogP contribution in [-0.4, -0.2) is 16.9 Å². The highest BCUT2D eigenvalue weighted by atomic mass is 16.3. The van der Waals surface area contributed by atoms with E-state index in [1.165, 1.54) is 0 Å². The third kappa shape index (κ3) is 3.73. The Bertz CT molecular complexity index is 190. The number of aliphatic imine (C=N–C) groups is 1. The van der Waals surface area contributed by atoms with Crippen LogP contribution < -0.4 is 0 Å². The molecule has 1 N–H and O–H groups in total. The van der Waals surface area contributed by atoms with E-state index in [0.29, 0.717) is 5.70 Å². The summed E-state index contributed by atoms with van der Waals surface area (Å²) >= 11 is 0. The molecule has 0 aromatic carbocycles. The number of hydrogen-bond donors (Lipinski definition) is 1. The van der Waals surface area contributed by atoms with Crippen molar-refractivity contribution in [3.05, 3.63) is 24.4 Å². The van der Waals surface area contributed by atoms with E-state index in [1.807, 2.05) is 13.8 Å². The number of hydrogen-bond acceptors (Lipinski definition) is 2. The molecule has 0 saturated carbocycles. The maximum absolute atomic E-state index is 9.15. The minimum atomic E-state index is -0.505. The maximum atomic E-state index is 9.15. The Morgan fingerprint density at radius 3 is 2.45 bits per heavy atom. The van der Waals surface area contributed by atoms with Crippen LogP contribution >= 0.6 is 0 Å². The normalized spacial score (nSPS) is 16.4. The third-order valence-electron chi connectivity index (χ3n) is 1.32. The molecule has 0 rings (SSSR count). The van der Waals surface area contributed by atoms with Crippen LogP contribution in [0, 0.1) is 0 Å². The lowest BCUT2D eigenvalue weighted by molar-refractivity contribution is 0.230. The molecular formula is C9H15NO. The van der Waals surface area contributed by atoms with Gasteiger partial charge in [-0.2, -0.15) is 0 Å². The summed E-state index contributed by atoms with van der Waals surface area (Å²) in [6, 6.07) is 0. The van der Waals surface area contributed by atoms with E-state index in [2.05, 4.69) is 11.6 Å². The molecule has 0 spiro atoms. The van der Waals surface area contributed by atoms with E-state index in [0.717, 1.165) is 5.71 Å². The monoisotopic (exact) mass is 153 g/mol. The predicted molar refractivity (Wildman–Crippen MR) is 48.7 cm³/mol. The molecule has 0 aliphatic carbocycles. The second kappa shape index (κ2) is 4.85. The molecule has 0 aromatic rings. The first-order chi connectivity index (χ1) is 5.11. The molecule has 2 heteroatoms. The van der Waals surface area contributed by atoms with Crippen LogP contribution in [0.2, 0.25) is 0 Å². The van der Waals surface area contributed by atoms with Crippen molar-refractivity contribution in [3.63, 3.8) is 0 Å². The Morgan fingerprint density at radius 2 is 2.18 bits per heavy atom. The molecule has 0 fully saturated rings. The maximum Gasteiger partial charge on any atom is 0.0928 e. The molecule has 11 heavy (non-hydrogen) atoms. The van der Waals surface area contributed by atoms with Crippen LogP contribution in [0.15, 0.2) is 29.4 Å². The zero-order valence-corrected chi connectivity index (χ0v) is 7.33. The van der Waals surface area contributed by atoms with Gasteiger partial charge in [0.05, 0.1) is 11.8 Å². The van der Waals surface area contributed by atoms with Crippen molar-refractivity contribution in [1.82, 2.24) is 0 Å². The predicted octanol–water partition coefficient (Wildman–Crippen LogP) is 1.92. The van der Waals surface area contributed by atoms with E-state index < -0.39 is 6.10 Å². The van der Waals surface area contributed by atoms with Gasteiger partial charge in [-0.1, -0.05) is 12.7 Å². The zero-order valence-electron chi connectivity index (χ0n) is 7.33.